The number of carbonyl (C=O) groups is 2. The van der Waals surface area contributed by atoms with Gasteiger partial charge in [0.2, 0.25) is 21.8 Å². The van der Waals surface area contributed by atoms with Crippen molar-refractivity contribution in [3.8, 4) is 0 Å². The lowest BCUT2D eigenvalue weighted by atomic mass is 10.0. The van der Waals surface area contributed by atoms with E-state index in [4.69, 9.17) is 4.74 Å². The van der Waals surface area contributed by atoms with Crippen LogP contribution < -0.4 is 10.0 Å². The van der Waals surface area contributed by atoms with Crippen molar-refractivity contribution >= 4 is 21.8 Å². The zero-order chi connectivity index (χ0) is 29.7. The van der Waals surface area contributed by atoms with Crippen molar-refractivity contribution in [2.45, 2.75) is 63.6 Å². The smallest absolute Gasteiger partial charge is 0.247 e. The summed E-state index contributed by atoms with van der Waals surface area (Å²) in [7, 11) is -3.55. The Balaban J connectivity index is 1.81. The average molecular weight is 580 g/mol. The Morgan fingerprint density at radius 3 is 2.12 bits per heavy atom. The molecule has 0 spiro atoms. The summed E-state index contributed by atoms with van der Waals surface area (Å²) in [6.45, 7) is 7.21. The topological polar surface area (TPSA) is 105 Å². The summed E-state index contributed by atoms with van der Waals surface area (Å²) in [5, 5.41) is 3.00. The summed E-state index contributed by atoms with van der Waals surface area (Å²) in [6, 6.07) is 24.7. The SMILES string of the molecule is CCNS(=O)(=O)c1ccc(CCC(=O)N(Cc2ccccc2)[C@H](C(=O)NCCCOC(C)C)c2ccccc2)cc1. The van der Waals surface area contributed by atoms with Crippen LogP contribution in [0.15, 0.2) is 89.8 Å². The van der Waals surface area contributed by atoms with Crippen LogP contribution in [0.5, 0.6) is 0 Å². The van der Waals surface area contributed by atoms with Crippen molar-refractivity contribution in [2.75, 3.05) is 19.7 Å². The monoisotopic (exact) mass is 579 g/mol. The standard InChI is InChI=1S/C32H41N3O5S/c1-4-34-41(38,39)29-19-16-26(17-20-29)18-21-30(36)35(24-27-12-7-5-8-13-27)31(28-14-9-6-10-15-28)32(37)33-22-11-23-40-25(2)3/h5-10,12-17,19-20,25,31,34H,4,11,18,21-24H2,1-3H3,(H,33,37)/t31-/m0/s1. The van der Waals surface area contributed by atoms with E-state index in [-0.39, 0.29) is 35.8 Å². The molecule has 0 aliphatic rings. The number of benzene rings is 3. The third-order valence-electron chi connectivity index (χ3n) is 6.46. The van der Waals surface area contributed by atoms with Gasteiger partial charge >= 0.3 is 0 Å². The highest BCUT2D eigenvalue weighted by molar-refractivity contribution is 7.89. The molecule has 0 saturated heterocycles. The predicted molar refractivity (Wildman–Crippen MR) is 161 cm³/mol. The molecule has 0 radical (unpaired) electrons. The van der Waals surface area contributed by atoms with Crippen LogP contribution in [0.3, 0.4) is 0 Å². The Kier molecular flexibility index (Phi) is 12.5. The molecule has 0 aliphatic heterocycles. The van der Waals surface area contributed by atoms with E-state index in [9.17, 15) is 18.0 Å². The van der Waals surface area contributed by atoms with Gasteiger partial charge in [-0.3, -0.25) is 9.59 Å². The summed E-state index contributed by atoms with van der Waals surface area (Å²) in [6.07, 6.45) is 1.35. The van der Waals surface area contributed by atoms with Gasteiger partial charge in [-0.25, -0.2) is 13.1 Å². The first-order valence-electron chi connectivity index (χ1n) is 14.1. The van der Waals surface area contributed by atoms with Gasteiger partial charge in [0.25, 0.3) is 0 Å². The number of sulfonamides is 1. The van der Waals surface area contributed by atoms with Gasteiger partial charge in [-0.2, -0.15) is 0 Å². The van der Waals surface area contributed by atoms with Crippen molar-refractivity contribution in [3.63, 3.8) is 0 Å². The van der Waals surface area contributed by atoms with Crippen LogP contribution in [-0.2, 0) is 37.3 Å². The Morgan fingerprint density at radius 1 is 0.878 bits per heavy atom. The second kappa shape index (κ2) is 16.0. The van der Waals surface area contributed by atoms with E-state index in [1.54, 1.807) is 36.1 Å². The largest absolute Gasteiger partial charge is 0.379 e. The fourth-order valence-corrected chi connectivity index (χ4v) is 5.46. The fraction of sp³-hybridized carbons (Fsp3) is 0.375. The van der Waals surface area contributed by atoms with Gasteiger partial charge in [0.05, 0.1) is 11.0 Å². The molecule has 3 aromatic rings. The fourth-order valence-electron chi connectivity index (χ4n) is 4.41. The molecule has 0 aliphatic carbocycles. The highest BCUT2D eigenvalue weighted by Gasteiger charge is 2.31. The minimum Gasteiger partial charge on any atom is -0.379 e. The molecule has 220 valence electrons. The number of aryl methyl sites for hydroxylation is 1. The van der Waals surface area contributed by atoms with Crippen molar-refractivity contribution in [1.82, 2.24) is 14.9 Å². The van der Waals surface area contributed by atoms with E-state index >= 15 is 0 Å². The van der Waals surface area contributed by atoms with Crippen molar-refractivity contribution in [1.29, 1.82) is 0 Å². The number of carbonyl (C=O) groups excluding carboxylic acids is 2. The molecule has 0 bridgehead atoms. The molecule has 3 rings (SSSR count). The van der Waals surface area contributed by atoms with E-state index in [2.05, 4.69) is 10.0 Å². The first-order chi connectivity index (χ1) is 19.7. The molecule has 0 aromatic heterocycles. The maximum absolute atomic E-state index is 13.8. The number of rotatable bonds is 16. The lowest BCUT2D eigenvalue weighted by Gasteiger charge is -2.32. The molecule has 41 heavy (non-hydrogen) atoms. The van der Waals surface area contributed by atoms with E-state index in [1.807, 2.05) is 74.5 Å². The summed E-state index contributed by atoms with van der Waals surface area (Å²) >= 11 is 0. The lowest BCUT2D eigenvalue weighted by Crippen LogP contribution is -2.44. The maximum atomic E-state index is 13.8. The average Bonchev–Trinajstić information content (AvgIpc) is 2.96. The maximum Gasteiger partial charge on any atom is 0.247 e. The number of amides is 2. The molecule has 3 aromatic carbocycles. The molecule has 0 unspecified atom stereocenters. The van der Waals surface area contributed by atoms with Gasteiger partial charge in [-0.15, -0.1) is 0 Å². The Hall–Kier alpha value is -3.53. The van der Waals surface area contributed by atoms with Crippen LogP contribution in [0, 0.1) is 0 Å². The van der Waals surface area contributed by atoms with Gasteiger partial charge in [0.15, 0.2) is 0 Å². The number of ether oxygens (including phenoxy) is 1. The third kappa shape index (κ3) is 10.1. The van der Waals surface area contributed by atoms with Crippen molar-refractivity contribution < 1.29 is 22.7 Å². The van der Waals surface area contributed by atoms with Crippen LogP contribution >= 0.6 is 0 Å². The van der Waals surface area contributed by atoms with E-state index in [0.717, 1.165) is 16.7 Å². The highest BCUT2D eigenvalue weighted by Crippen LogP contribution is 2.25. The second-order valence-electron chi connectivity index (χ2n) is 10.0. The Labute approximate surface area is 244 Å². The molecule has 2 N–H and O–H groups in total. The molecular weight excluding hydrogens is 538 g/mol. The molecule has 2 amide bonds. The zero-order valence-electron chi connectivity index (χ0n) is 24.1. The van der Waals surface area contributed by atoms with E-state index < -0.39 is 16.1 Å². The van der Waals surface area contributed by atoms with Gasteiger partial charge in [0.1, 0.15) is 6.04 Å². The summed E-state index contributed by atoms with van der Waals surface area (Å²) in [5.74, 6) is -0.423. The van der Waals surface area contributed by atoms with Gasteiger partial charge in [-0.1, -0.05) is 79.7 Å². The molecule has 0 saturated carbocycles. The summed E-state index contributed by atoms with van der Waals surface area (Å²) in [4.78, 5) is 29.3. The van der Waals surface area contributed by atoms with E-state index in [1.165, 1.54) is 0 Å². The normalized spacial score (nSPS) is 12.2. The molecule has 1 atom stereocenters. The van der Waals surface area contributed by atoms with Gasteiger partial charge < -0.3 is 15.0 Å². The second-order valence-corrected chi connectivity index (χ2v) is 11.8. The van der Waals surface area contributed by atoms with Gasteiger partial charge in [0, 0.05) is 32.7 Å². The third-order valence-corrected chi connectivity index (χ3v) is 8.02. The first kappa shape index (κ1) is 32.0. The number of nitrogens with zero attached hydrogens (tertiary/aromatic N) is 1. The van der Waals surface area contributed by atoms with Crippen LogP contribution in [0.2, 0.25) is 0 Å². The van der Waals surface area contributed by atoms with Crippen molar-refractivity contribution in [3.05, 3.63) is 102 Å². The summed E-state index contributed by atoms with van der Waals surface area (Å²) < 4.78 is 32.6. The highest BCUT2D eigenvalue weighted by atomic mass is 32.2. The molecule has 9 heteroatoms. The molecule has 0 fully saturated rings. The number of nitrogens with one attached hydrogen (secondary N) is 2. The molecule has 0 heterocycles. The lowest BCUT2D eigenvalue weighted by molar-refractivity contribution is -0.141. The Bertz CT molecular complexity index is 1330. The van der Waals surface area contributed by atoms with Crippen LogP contribution in [0.1, 0.15) is 56.3 Å². The van der Waals surface area contributed by atoms with Crippen LogP contribution in [0.4, 0.5) is 0 Å². The zero-order valence-corrected chi connectivity index (χ0v) is 24.9. The number of hydrogen-bond donors (Lipinski definition) is 2. The van der Waals surface area contributed by atoms with Crippen molar-refractivity contribution in [2.24, 2.45) is 0 Å². The van der Waals surface area contributed by atoms with Crippen LogP contribution in [-0.4, -0.2) is 50.9 Å². The summed E-state index contributed by atoms with van der Waals surface area (Å²) in [5.41, 5.74) is 2.47. The van der Waals surface area contributed by atoms with Crippen LogP contribution in [0.25, 0.3) is 0 Å². The molecule has 8 nitrogen and oxygen atoms in total. The Morgan fingerprint density at radius 2 is 1.51 bits per heavy atom. The minimum atomic E-state index is -3.55. The van der Waals surface area contributed by atoms with Gasteiger partial charge in [-0.05, 0) is 55.5 Å². The minimum absolute atomic E-state index is 0.121. The first-order valence-corrected chi connectivity index (χ1v) is 15.6. The predicted octanol–water partition coefficient (Wildman–Crippen LogP) is 4.62. The van der Waals surface area contributed by atoms with E-state index in [0.29, 0.717) is 32.5 Å². The quantitative estimate of drug-likeness (QED) is 0.241. The number of hydrogen-bond acceptors (Lipinski definition) is 5. The molecular formula is C32H41N3O5S.